The van der Waals surface area contributed by atoms with E-state index in [1.807, 2.05) is 24.3 Å². The lowest BCUT2D eigenvalue weighted by molar-refractivity contribution is -0.134. The Bertz CT molecular complexity index is 620. The number of rotatable bonds is 4. The molecular weight excluding hydrogens is 354 g/mol. The number of piperazine rings is 1. The highest BCUT2D eigenvalue weighted by Crippen LogP contribution is 2.13. The summed E-state index contributed by atoms with van der Waals surface area (Å²) in [6.07, 6.45) is -0.570. The Morgan fingerprint density at radius 3 is 2.27 bits per heavy atom. The lowest BCUT2D eigenvalue weighted by Gasteiger charge is -2.36. The molecule has 0 aromatic heterocycles. The van der Waals surface area contributed by atoms with Gasteiger partial charge in [0.2, 0.25) is 5.91 Å². The van der Waals surface area contributed by atoms with Gasteiger partial charge in [0.15, 0.2) is 0 Å². The molecule has 1 aliphatic rings. The summed E-state index contributed by atoms with van der Waals surface area (Å²) < 4.78 is 5.20. The quantitative estimate of drug-likeness (QED) is 0.871. The summed E-state index contributed by atoms with van der Waals surface area (Å²) in [5.74, 6) is -0.0815. The number of hydrogen-bond acceptors (Lipinski definition) is 4. The van der Waals surface area contributed by atoms with E-state index < -0.39 is 17.7 Å². The lowest BCUT2D eigenvalue weighted by atomic mass is 10.2. The van der Waals surface area contributed by atoms with Crippen LogP contribution in [0.15, 0.2) is 24.3 Å². The maximum atomic E-state index is 12.5. The van der Waals surface area contributed by atoms with Crippen LogP contribution >= 0.6 is 11.6 Å². The van der Waals surface area contributed by atoms with Crippen LogP contribution < -0.4 is 5.32 Å². The molecule has 7 heteroatoms. The maximum Gasteiger partial charge on any atom is 0.408 e. The van der Waals surface area contributed by atoms with E-state index >= 15 is 0 Å². The van der Waals surface area contributed by atoms with Crippen molar-refractivity contribution in [3.05, 3.63) is 34.9 Å². The van der Waals surface area contributed by atoms with Gasteiger partial charge in [0.25, 0.3) is 0 Å². The number of amides is 2. The van der Waals surface area contributed by atoms with Gasteiger partial charge >= 0.3 is 6.09 Å². The first-order chi connectivity index (χ1) is 12.1. The Morgan fingerprint density at radius 1 is 1.15 bits per heavy atom. The third kappa shape index (κ3) is 6.50. The number of carbonyl (C=O) groups is 2. The van der Waals surface area contributed by atoms with Crippen LogP contribution in [0.2, 0.25) is 5.02 Å². The van der Waals surface area contributed by atoms with Crippen LogP contribution in [0, 0.1) is 0 Å². The predicted molar refractivity (Wildman–Crippen MR) is 102 cm³/mol. The van der Waals surface area contributed by atoms with Crippen molar-refractivity contribution < 1.29 is 14.3 Å². The van der Waals surface area contributed by atoms with Crippen LogP contribution in [-0.4, -0.2) is 59.6 Å². The van der Waals surface area contributed by atoms with E-state index in [1.165, 1.54) is 5.56 Å². The molecule has 144 valence electrons. The Labute approximate surface area is 160 Å². The Kier molecular flexibility index (Phi) is 6.89. The first kappa shape index (κ1) is 20.5. The molecule has 0 bridgehead atoms. The van der Waals surface area contributed by atoms with E-state index in [1.54, 1.807) is 32.6 Å². The fourth-order valence-corrected chi connectivity index (χ4v) is 2.92. The van der Waals surface area contributed by atoms with Gasteiger partial charge < -0.3 is 15.0 Å². The molecule has 6 nitrogen and oxygen atoms in total. The highest BCUT2D eigenvalue weighted by molar-refractivity contribution is 6.30. The van der Waals surface area contributed by atoms with Crippen molar-refractivity contribution in [3.63, 3.8) is 0 Å². The van der Waals surface area contributed by atoms with Crippen LogP contribution in [0.25, 0.3) is 0 Å². The van der Waals surface area contributed by atoms with Crippen molar-refractivity contribution in [2.24, 2.45) is 0 Å². The van der Waals surface area contributed by atoms with Crippen molar-refractivity contribution in [3.8, 4) is 0 Å². The largest absolute Gasteiger partial charge is 0.444 e. The van der Waals surface area contributed by atoms with Crippen LogP contribution in [0.5, 0.6) is 0 Å². The number of ether oxygens (including phenoxy) is 1. The number of benzene rings is 1. The van der Waals surface area contributed by atoms with E-state index in [9.17, 15) is 9.59 Å². The Morgan fingerprint density at radius 2 is 1.73 bits per heavy atom. The van der Waals surface area contributed by atoms with Gasteiger partial charge in [-0.3, -0.25) is 9.69 Å². The number of carbonyl (C=O) groups excluding carboxylic acids is 2. The first-order valence-electron chi connectivity index (χ1n) is 8.89. The summed E-state index contributed by atoms with van der Waals surface area (Å²) in [6, 6.07) is 7.22. The second-order valence-electron chi connectivity index (χ2n) is 7.60. The second kappa shape index (κ2) is 8.73. The van der Waals surface area contributed by atoms with Gasteiger partial charge in [-0.2, -0.15) is 0 Å². The highest BCUT2D eigenvalue weighted by atomic mass is 35.5. The van der Waals surface area contributed by atoms with E-state index in [0.717, 1.165) is 24.7 Å². The van der Waals surface area contributed by atoms with Gasteiger partial charge in [-0.05, 0) is 45.4 Å². The van der Waals surface area contributed by atoms with Crippen molar-refractivity contribution in [2.75, 3.05) is 26.2 Å². The zero-order valence-corrected chi connectivity index (χ0v) is 16.7. The van der Waals surface area contributed by atoms with Crippen molar-refractivity contribution in [1.82, 2.24) is 15.1 Å². The minimum Gasteiger partial charge on any atom is -0.444 e. The molecule has 0 saturated carbocycles. The maximum absolute atomic E-state index is 12.5. The topological polar surface area (TPSA) is 61.9 Å². The summed E-state index contributed by atoms with van der Waals surface area (Å²) >= 11 is 5.91. The minimum atomic E-state index is -0.604. The summed E-state index contributed by atoms with van der Waals surface area (Å²) in [6.45, 7) is 10.8. The molecule has 2 amide bonds. The van der Waals surface area contributed by atoms with Gasteiger partial charge in [-0.25, -0.2) is 4.79 Å². The molecule has 1 heterocycles. The molecule has 0 spiro atoms. The van der Waals surface area contributed by atoms with Gasteiger partial charge in [0, 0.05) is 37.7 Å². The zero-order valence-electron chi connectivity index (χ0n) is 15.9. The molecule has 1 saturated heterocycles. The SMILES string of the molecule is C[C@@H](NC(=O)OC(C)(C)C)C(=O)N1CCN(Cc2ccc(Cl)cc2)CC1. The number of alkyl carbamates (subject to hydrolysis) is 1. The van der Waals surface area contributed by atoms with Gasteiger partial charge in [0.1, 0.15) is 11.6 Å². The van der Waals surface area contributed by atoms with Crippen molar-refractivity contribution >= 4 is 23.6 Å². The predicted octanol–water partition coefficient (Wildman–Crippen LogP) is 2.90. The van der Waals surface area contributed by atoms with Crippen LogP contribution in [-0.2, 0) is 16.1 Å². The molecule has 1 atom stereocenters. The smallest absolute Gasteiger partial charge is 0.408 e. The lowest BCUT2D eigenvalue weighted by Crippen LogP contribution is -2.54. The molecule has 1 N–H and O–H groups in total. The summed E-state index contributed by atoms with van der Waals surface area (Å²) in [5.41, 5.74) is 0.620. The fraction of sp³-hybridized carbons (Fsp3) is 0.579. The number of nitrogens with zero attached hydrogens (tertiary/aromatic N) is 2. The van der Waals surface area contributed by atoms with Crippen LogP contribution in [0.4, 0.5) is 4.79 Å². The third-order valence-electron chi connectivity index (χ3n) is 4.11. The van der Waals surface area contributed by atoms with E-state index in [4.69, 9.17) is 16.3 Å². The third-order valence-corrected chi connectivity index (χ3v) is 4.36. The molecule has 1 fully saturated rings. The van der Waals surface area contributed by atoms with Crippen molar-refractivity contribution in [2.45, 2.75) is 45.9 Å². The van der Waals surface area contributed by atoms with Gasteiger partial charge in [0.05, 0.1) is 0 Å². The summed E-state index contributed by atoms with van der Waals surface area (Å²) in [4.78, 5) is 28.4. The number of nitrogens with one attached hydrogen (secondary N) is 1. The normalized spacial score (nSPS) is 16.9. The fourth-order valence-electron chi connectivity index (χ4n) is 2.79. The molecule has 26 heavy (non-hydrogen) atoms. The molecular formula is C19H28ClN3O3. The molecule has 1 aromatic rings. The molecule has 1 aromatic carbocycles. The zero-order chi connectivity index (χ0) is 19.3. The Balaban J connectivity index is 1.78. The Hall–Kier alpha value is -1.79. The highest BCUT2D eigenvalue weighted by Gasteiger charge is 2.27. The minimum absolute atomic E-state index is 0.0815. The number of hydrogen-bond donors (Lipinski definition) is 1. The monoisotopic (exact) mass is 381 g/mol. The standard InChI is InChI=1S/C19H28ClN3O3/c1-14(21-18(25)26-19(2,3)4)17(24)23-11-9-22(10-12-23)13-15-5-7-16(20)8-6-15/h5-8,14H,9-13H2,1-4H3,(H,21,25)/t14-/m1/s1. The number of halogens is 1. The van der Waals surface area contributed by atoms with E-state index in [2.05, 4.69) is 10.2 Å². The van der Waals surface area contributed by atoms with Crippen LogP contribution in [0.3, 0.4) is 0 Å². The van der Waals surface area contributed by atoms with Crippen molar-refractivity contribution in [1.29, 1.82) is 0 Å². The summed E-state index contributed by atoms with van der Waals surface area (Å²) in [5, 5.41) is 3.34. The second-order valence-corrected chi connectivity index (χ2v) is 8.03. The first-order valence-corrected chi connectivity index (χ1v) is 9.27. The van der Waals surface area contributed by atoms with E-state index in [-0.39, 0.29) is 5.91 Å². The average molecular weight is 382 g/mol. The van der Waals surface area contributed by atoms with Crippen LogP contribution in [0.1, 0.15) is 33.3 Å². The summed E-state index contributed by atoms with van der Waals surface area (Å²) in [7, 11) is 0. The molecule has 2 rings (SSSR count). The average Bonchev–Trinajstić information content (AvgIpc) is 2.55. The molecule has 0 aliphatic carbocycles. The molecule has 0 unspecified atom stereocenters. The molecule has 1 aliphatic heterocycles. The van der Waals surface area contributed by atoms with E-state index in [0.29, 0.717) is 13.1 Å². The molecule has 0 radical (unpaired) electrons. The van der Waals surface area contributed by atoms with Gasteiger partial charge in [-0.15, -0.1) is 0 Å². The van der Waals surface area contributed by atoms with Gasteiger partial charge in [-0.1, -0.05) is 23.7 Å².